The second-order valence-electron chi connectivity index (χ2n) is 6.10. The number of carbonyl (C=O) groups excluding carboxylic acids is 1. The monoisotopic (exact) mass is 419 g/mol. The van der Waals surface area contributed by atoms with Crippen LogP contribution in [0.25, 0.3) is 0 Å². The first-order valence-electron chi connectivity index (χ1n) is 8.79. The molecule has 1 amide bonds. The highest BCUT2D eigenvalue weighted by molar-refractivity contribution is 7.92. The Bertz CT molecular complexity index is 1010. The maximum Gasteiger partial charge on any atom is 0.260 e. The molecule has 29 heavy (non-hydrogen) atoms. The molecule has 1 heterocycles. The Kier molecular flexibility index (Phi) is 6.23. The highest BCUT2D eigenvalue weighted by atomic mass is 32.2. The number of amides is 1. The maximum absolute atomic E-state index is 12.2. The van der Waals surface area contributed by atoms with Crippen LogP contribution in [0.3, 0.4) is 0 Å². The number of benzene rings is 2. The number of fused-ring (bicyclic) bond motifs is 1. The number of anilines is 1. The van der Waals surface area contributed by atoms with Crippen molar-refractivity contribution in [3.63, 3.8) is 0 Å². The Balaban J connectivity index is 1.64. The molecule has 0 aromatic heterocycles. The number of nitrogens with zero attached hydrogens (tertiary/aromatic N) is 2. The van der Waals surface area contributed by atoms with Gasteiger partial charge in [0.15, 0.2) is 11.5 Å². The quantitative estimate of drug-likeness (QED) is 0.516. The van der Waals surface area contributed by atoms with Crippen LogP contribution < -0.4 is 23.9 Å². The number of sulfonamides is 1. The minimum Gasteiger partial charge on any atom is -0.494 e. The molecule has 0 fully saturated rings. The molecule has 0 aliphatic carbocycles. The van der Waals surface area contributed by atoms with Crippen LogP contribution in [-0.4, -0.2) is 46.7 Å². The largest absolute Gasteiger partial charge is 0.494 e. The van der Waals surface area contributed by atoms with Gasteiger partial charge in [-0.3, -0.25) is 9.10 Å². The van der Waals surface area contributed by atoms with Crippen molar-refractivity contribution < 1.29 is 27.4 Å². The fourth-order valence-corrected chi connectivity index (χ4v) is 3.47. The van der Waals surface area contributed by atoms with Crippen molar-refractivity contribution in [1.29, 1.82) is 0 Å². The third-order valence-electron chi connectivity index (χ3n) is 3.92. The van der Waals surface area contributed by atoms with Crippen molar-refractivity contribution in [2.45, 2.75) is 6.92 Å². The van der Waals surface area contributed by atoms with Crippen LogP contribution in [0.2, 0.25) is 0 Å². The summed E-state index contributed by atoms with van der Waals surface area (Å²) in [5.74, 6) is 1.27. The standard InChI is InChI=1S/C19H21N3O6S/c1-3-26-16-7-5-15(6-8-16)22(29(2,24)25)12-19(23)21-20-11-14-4-9-17-18(10-14)28-13-27-17/h4-11H,3,12-13H2,1-2H3,(H,21,23)/b20-11-. The van der Waals surface area contributed by atoms with Crippen molar-refractivity contribution in [2.75, 3.05) is 30.5 Å². The van der Waals surface area contributed by atoms with Crippen molar-refractivity contribution in [3.8, 4) is 17.2 Å². The van der Waals surface area contributed by atoms with Gasteiger partial charge in [0.25, 0.3) is 5.91 Å². The summed E-state index contributed by atoms with van der Waals surface area (Å²) >= 11 is 0. The van der Waals surface area contributed by atoms with Gasteiger partial charge in [-0.15, -0.1) is 0 Å². The van der Waals surface area contributed by atoms with E-state index in [1.807, 2.05) is 6.92 Å². The molecule has 9 nitrogen and oxygen atoms in total. The molecule has 1 N–H and O–H groups in total. The summed E-state index contributed by atoms with van der Waals surface area (Å²) < 4.78 is 41.1. The molecule has 3 rings (SSSR count). The van der Waals surface area contributed by atoms with Gasteiger partial charge < -0.3 is 14.2 Å². The molecule has 0 spiro atoms. The second-order valence-corrected chi connectivity index (χ2v) is 8.01. The summed E-state index contributed by atoms with van der Waals surface area (Å²) in [6, 6.07) is 11.7. The molecule has 0 bridgehead atoms. The average Bonchev–Trinajstić information content (AvgIpc) is 3.14. The molecular formula is C19H21N3O6S. The van der Waals surface area contributed by atoms with Gasteiger partial charge in [-0.2, -0.15) is 5.10 Å². The zero-order valence-corrected chi connectivity index (χ0v) is 16.8. The number of rotatable bonds is 8. The minimum atomic E-state index is -3.67. The van der Waals surface area contributed by atoms with E-state index in [9.17, 15) is 13.2 Å². The number of ether oxygens (including phenoxy) is 3. The lowest BCUT2D eigenvalue weighted by molar-refractivity contribution is -0.119. The molecule has 0 unspecified atom stereocenters. The van der Waals surface area contributed by atoms with Gasteiger partial charge in [-0.1, -0.05) is 0 Å². The van der Waals surface area contributed by atoms with Crippen molar-refractivity contribution >= 4 is 27.8 Å². The predicted molar refractivity (Wildman–Crippen MR) is 108 cm³/mol. The van der Waals surface area contributed by atoms with Gasteiger partial charge in [-0.05, 0) is 55.0 Å². The predicted octanol–water partition coefficient (Wildman–Crippen LogP) is 1.73. The van der Waals surface area contributed by atoms with Crippen LogP contribution in [0.5, 0.6) is 17.2 Å². The smallest absolute Gasteiger partial charge is 0.260 e. The zero-order valence-electron chi connectivity index (χ0n) is 16.0. The van der Waals surface area contributed by atoms with Gasteiger partial charge in [0, 0.05) is 0 Å². The molecule has 0 radical (unpaired) electrons. The molecule has 1 aliphatic heterocycles. The third kappa shape index (κ3) is 5.38. The van der Waals surface area contributed by atoms with Gasteiger partial charge in [0.2, 0.25) is 16.8 Å². The number of carbonyl (C=O) groups is 1. The normalized spacial score (nSPS) is 12.8. The number of hydrogen-bond donors (Lipinski definition) is 1. The van der Waals surface area contributed by atoms with Gasteiger partial charge in [0.1, 0.15) is 12.3 Å². The average molecular weight is 419 g/mol. The molecule has 2 aromatic rings. The Labute approximate surface area is 168 Å². The molecule has 2 aromatic carbocycles. The highest BCUT2D eigenvalue weighted by Crippen LogP contribution is 2.31. The SMILES string of the molecule is CCOc1ccc(N(CC(=O)N/N=C\c2ccc3c(c2)OCO3)S(C)(=O)=O)cc1. The third-order valence-corrected chi connectivity index (χ3v) is 5.06. The summed E-state index contributed by atoms with van der Waals surface area (Å²) in [5, 5.41) is 3.87. The van der Waals surface area contributed by atoms with Crippen molar-refractivity contribution in [1.82, 2.24) is 5.43 Å². The van der Waals surface area contributed by atoms with Gasteiger partial charge in [-0.25, -0.2) is 13.8 Å². The van der Waals surface area contributed by atoms with E-state index in [0.29, 0.717) is 35.1 Å². The molecule has 1 aliphatic rings. The maximum atomic E-state index is 12.2. The van der Waals surface area contributed by atoms with Crippen LogP contribution in [0.4, 0.5) is 5.69 Å². The fraction of sp³-hybridized carbons (Fsp3) is 0.263. The van der Waals surface area contributed by atoms with Gasteiger partial charge >= 0.3 is 0 Å². The Hall–Kier alpha value is -3.27. The first kappa shape index (κ1) is 20.5. The van der Waals surface area contributed by atoms with E-state index >= 15 is 0 Å². The summed E-state index contributed by atoms with van der Waals surface area (Å²) in [6.07, 6.45) is 2.47. The van der Waals surface area contributed by atoms with Crippen molar-refractivity contribution in [3.05, 3.63) is 48.0 Å². The first-order chi connectivity index (χ1) is 13.9. The van der Waals surface area contributed by atoms with Crippen molar-refractivity contribution in [2.24, 2.45) is 5.10 Å². The summed E-state index contributed by atoms with van der Waals surface area (Å²) in [7, 11) is -3.67. The van der Waals surface area contributed by atoms with E-state index in [0.717, 1.165) is 10.6 Å². The topological polar surface area (TPSA) is 107 Å². The lowest BCUT2D eigenvalue weighted by atomic mass is 10.2. The lowest BCUT2D eigenvalue weighted by Crippen LogP contribution is -2.39. The molecule has 154 valence electrons. The summed E-state index contributed by atoms with van der Waals surface area (Å²) in [5.41, 5.74) is 3.38. The Morgan fingerprint density at radius 1 is 1.21 bits per heavy atom. The zero-order chi connectivity index (χ0) is 20.9. The van der Waals surface area contributed by atoms with E-state index in [1.54, 1.807) is 42.5 Å². The second kappa shape index (κ2) is 8.82. The van der Waals surface area contributed by atoms with Crippen LogP contribution >= 0.6 is 0 Å². The van der Waals surface area contributed by atoms with Crippen LogP contribution in [0.1, 0.15) is 12.5 Å². The molecule has 0 saturated heterocycles. The molecular weight excluding hydrogens is 398 g/mol. The van der Waals surface area contributed by atoms with Crippen LogP contribution in [0.15, 0.2) is 47.6 Å². The molecule has 0 saturated carbocycles. The summed E-state index contributed by atoms with van der Waals surface area (Å²) in [4.78, 5) is 12.2. The van der Waals surface area contributed by atoms with E-state index < -0.39 is 22.5 Å². The first-order valence-corrected chi connectivity index (χ1v) is 10.6. The summed E-state index contributed by atoms with van der Waals surface area (Å²) in [6.45, 7) is 2.11. The molecule has 10 heteroatoms. The van der Waals surface area contributed by atoms with E-state index in [4.69, 9.17) is 14.2 Å². The number of nitrogens with one attached hydrogen (secondary N) is 1. The Morgan fingerprint density at radius 2 is 1.93 bits per heavy atom. The fourth-order valence-electron chi connectivity index (χ4n) is 2.61. The van der Waals surface area contributed by atoms with E-state index in [-0.39, 0.29) is 6.79 Å². The van der Waals surface area contributed by atoms with Crippen LogP contribution in [-0.2, 0) is 14.8 Å². The number of hydrogen-bond acceptors (Lipinski definition) is 7. The van der Waals surface area contributed by atoms with E-state index in [2.05, 4.69) is 10.5 Å². The van der Waals surface area contributed by atoms with Gasteiger partial charge in [0.05, 0.1) is 24.8 Å². The van der Waals surface area contributed by atoms with Crippen LogP contribution in [0, 0.1) is 0 Å². The molecule has 0 atom stereocenters. The van der Waals surface area contributed by atoms with E-state index in [1.165, 1.54) is 6.21 Å². The highest BCUT2D eigenvalue weighted by Gasteiger charge is 2.20. The lowest BCUT2D eigenvalue weighted by Gasteiger charge is -2.21. The number of hydrazone groups is 1. The Morgan fingerprint density at radius 3 is 2.62 bits per heavy atom. The minimum absolute atomic E-state index is 0.166.